The van der Waals surface area contributed by atoms with E-state index in [0.29, 0.717) is 5.92 Å². The first-order valence-corrected chi connectivity index (χ1v) is 9.55. The van der Waals surface area contributed by atoms with Gasteiger partial charge in [0.1, 0.15) is 6.04 Å². The highest BCUT2D eigenvalue weighted by atomic mass is 16.2. The molecule has 1 aromatic carbocycles. The van der Waals surface area contributed by atoms with E-state index in [-0.39, 0.29) is 18.0 Å². The van der Waals surface area contributed by atoms with Crippen LogP contribution >= 0.6 is 0 Å². The number of anilines is 1. The molecule has 0 aromatic heterocycles. The number of benzene rings is 1. The number of hydrogen-bond donors (Lipinski definition) is 3. The molecule has 0 aliphatic carbocycles. The Morgan fingerprint density at radius 1 is 1.40 bits per heavy atom. The molecule has 0 radical (unpaired) electrons. The summed E-state index contributed by atoms with van der Waals surface area (Å²) in [7, 11) is 4.19. The molecule has 1 amide bonds. The Balaban J connectivity index is 1.63. The highest BCUT2D eigenvalue weighted by molar-refractivity contribution is 5.88. The minimum Gasteiger partial charge on any atom is -0.373 e. The Morgan fingerprint density at radius 3 is 2.92 bits per heavy atom. The molecule has 3 unspecified atom stereocenters. The lowest BCUT2D eigenvalue weighted by Crippen LogP contribution is -2.51. The standard InChI is InChI=1S/C20H32N4O/c1-14-6-4-7-15-12-18(22-19(14)15)20(25)23-17(9-11-24(2)3)16-8-5-10-21-13-16/h4,6-7,16-18,21-22H,5,8-13H2,1-3H3,(H,23,25). The van der Waals surface area contributed by atoms with Crippen molar-refractivity contribution in [2.45, 2.75) is 44.7 Å². The van der Waals surface area contributed by atoms with Gasteiger partial charge in [-0.3, -0.25) is 4.79 Å². The zero-order chi connectivity index (χ0) is 17.8. The lowest BCUT2D eigenvalue weighted by Gasteiger charge is -2.33. The number of nitrogens with one attached hydrogen (secondary N) is 3. The molecule has 1 fully saturated rings. The van der Waals surface area contributed by atoms with Crippen molar-refractivity contribution in [3.05, 3.63) is 29.3 Å². The number of carbonyl (C=O) groups is 1. The monoisotopic (exact) mass is 344 g/mol. The molecular weight excluding hydrogens is 312 g/mol. The fraction of sp³-hybridized carbons (Fsp3) is 0.650. The lowest BCUT2D eigenvalue weighted by atomic mass is 9.89. The summed E-state index contributed by atoms with van der Waals surface area (Å²) in [4.78, 5) is 15.1. The molecule has 0 saturated carbocycles. The molecule has 2 aliphatic rings. The number of piperidine rings is 1. The topological polar surface area (TPSA) is 56.4 Å². The zero-order valence-electron chi connectivity index (χ0n) is 15.8. The van der Waals surface area contributed by atoms with Crippen molar-refractivity contribution in [3.63, 3.8) is 0 Å². The number of nitrogens with zero attached hydrogens (tertiary/aromatic N) is 1. The summed E-state index contributed by atoms with van der Waals surface area (Å²) in [5.41, 5.74) is 3.62. The Kier molecular flexibility index (Phi) is 5.97. The van der Waals surface area contributed by atoms with Gasteiger partial charge in [0.2, 0.25) is 5.91 Å². The summed E-state index contributed by atoms with van der Waals surface area (Å²) in [6, 6.07) is 6.39. The number of aryl methyl sites for hydroxylation is 1. The van der Waals surface area contributed by atoms with E-state index in [1.165, 1.54) is 24.0 Å². The maximum absolute atomic E-state index is 12.9. The maximum atomic E-state index is 12.9. The van der Waals surface area contributed by atoms with E-state index in [2.05, 4.69) is 60.1 Å². The summed E-state index contributed by atoms with van der Waals surface area (Å²) in [5, 5.41) is 10.3. The highest BCUT2D eigenvalue weighted by Gasteiger charge is 2.31. The van der Waals surface area contributed by atoms with Gasteiger partial charge in [-0.25, -0.2) is 0 Å². The third-order valence-corrected chi connectivity index (χ3v) is 5.54. The minimum atomic E-state index is -0.144. The minimum absolute atomic E-state index is 0.143. The Labute approximate surface area is 151 Å². The SMILES string of the molecule is Cc1cccc2c1NC(C(=O)NC(CCN(C)C)C1CCCNC1)C2. The summed E-state index contributed by atoms with van der Waals surface area (Å²) in [5.74, 6) is 0.674. The molecule has 2 heterocycles. The number of rotatable bonds is 6. The molecule has 5 nitrogen and oxygen atoms in total. The Hall–Kier alpha value is -1.59. The number of para-hydroxylation sites is 1. The average molecular weight is 345 g/mol. The molecule has 3 atom stereocenters. The van der Waals surface area contributed by atoms with E-state index in [1.807, 2.05) is 0 Å². The van der Waals surface area contributed by atoms with Crippen molar-refractivity contribution in [2.24, 2.45) is 5.92 Å². The average Bonchev–Trinajstić information content (AvgIpc) is 3.05. The van der Waals surface area contributed by atoms with E-state index in [0.717, 1.165) is 38.2 Å². The van der Waals surface area contributed by atoms with Crippen LogP contribution in [0.3, 0.4) is 0 Å². The number of carbonyl (C=O) groups excluding carboxylic acids is 1. The van der Waals surface area contributed by atoms with Crippen LogP contribution in [0.4, 0.5) is 5.69 Å². The molecule has 0 spiro atoms. The molecule has 1 saturated heterocycles. The first kappa shape index (κ1) is 18.2. The van der Waals surface area contributed by atoms with Crippen LogP contribution in [0.15, 0.2) is 18.2 Å². The third kappa shape index (κ3) is 4.53. The maximum Gasteiger partial charge on any atom is 0.243 e. The van der Waals surface area contributed by atoms with Gasteiger partial charge in [0, 0.05) is 18.2 Å². The third-order valence-electron chi connectivity index (χ3n) is 5.54. The lowest BCUT2D eigenvalue weighted by molar-refractivity contribution is -0.122. The fourth-order valence-corrected chi connectivity index (χ4v) is 4.04. The second-order valence-corrected chi connectivity index (χ2v) is 7.82. The van der Waals surface area contributed by atoms with Crippen LogP contribution in [-0.4, -0.2) is 56.6 Å². The van der Waals surface area contributed by atoms with Crippen molar-refractivity contribution < 1.29 is 4.79 Å². The molecule has 138 valence electrons. The van der Waals surface area contributed by atoms with Crippen LogP contribution in [0, 0.1) is 12.8 Å². The molecule has 25 heavy (non-hydrogen) atoms. The van der Waals surface area contributed by atoms with Crippen molar-refractivity contribution in [2.75, 3.05) is 39.0 Å². The summed E-state index contributed by atoms with van der Waals surface area (Å²) in [6.45, 7) is 5.21. The van der Waals surface area contributed by atoms with Crippen molar-refractivity contribution in [1.29, 1.82) is 0 Å². The number of fused-ring (bicyclic) bond motifs is 1. The van der Waals surface area contributed by atoms with Gasteiger partial charge < -0.3 is 20.9 Å². The zero-order valence-corrected chi connectivity index (χ0v) is 15.8. The number of hydrogen-bond acceptors (Lipinski definition) is 4. The van der Waals surface area contributed by atoms with Gasteiger partial charge in [0.15, 0.2) is 0 Å². The second-order valence-electron chi connectivity index (χ2n) is 7.82. The van der Waals surface area contributed by atoms with Crippen molar-refractivity contribution in [3.8, 4) is 0 Å². The van der Waals surface area contributed by atoms with Crippen LogP contribution in [0.5, 0.6) is 0 Å². The van der Waals surface area contributed by atoms with E-state index in [1.54, 1.807) is 0 Å². The van der Waals surface area contributed by atoms with Crippen molar-refractivity contribution in [1.82, 2.24) is 15.5 Å². The van der Waals surface area contributed by atoms with E-state index in [4.69, 9.17) is 0 Å². The largest absolute Gasteiger partial charge is 0.373 e. The van der Waals surface area contributed by atoms with Crippen molar-refractivity contribution >= 4 is 11.6 Å². The predicted octanol–water partition coefficient (Wildman–Crippen LogP) is 1.77. The van der Waals surface area contributed by atoms with Gasteiger partial charge in [-0.1, -0.05) is 18.2 Å². The Bertz CT molecular complexity index is 595. The quantitative estimate of drug-likeness (QED) is 0.736. The number of amides is 1. The smallest absolute Gasteiger partial charge is 0.243 e. The van der Waals surface area contributed by atoms with Gasteiger partial charge in [0.25, 0.3) is 0 Å². The van der Waals surface area contributed by atoms with Crippen LogP contribution < -0.4 is 16.0 Å². The van der Waals surface area contributed by atoms with Crippen LogP contribution in [-0.2, 0) is 11.2 Å². The normalized spacial score (nSPS) is 23.8. The Morgan fingerprint density at radius 2 is 2.24 bits per heavy atom. The first-order valence-electron chi connectivity index (χ1n) is 9.55. The van der Waals surface area contributed by atoms with E-state index < -0.39 is 0 Å². The molecule has 0 bridgehead atoms. The van der Waals surface area contributed by atoms with E-state index in [9.17, 15) is 4.79 Å². The summed E-state index contributed by atoms with van der Waals surface area (Å²) >= 11 is 0. The summed E-state index contributed by atoms with van der Waals surface area (Å²) in [6.07, 6.45) is 4.18. The fourth-order valence-electron chi connectivity index (χ4n) is 4.04. The second kappa shape index (κ2) is 8.19. The predicted molar refractivity (Wildman–Crippen MR) is 103 cm³/mol. The van der Waals surface area contributed by atoms with Gasteiger partial charge in [-0.2, -0.15) is 0 Å². The van der Waals surface area contributed by atoms with E-state index >= 15 is 0 Å². The molecular formula is C20H32N4O. The highest BCUT2D eigenvalue weighted by Crippen LogP contribution is 2.29. The van der Waals surface area contributed by atoms with Crippen LogP contribution in [0.1, 0.15) is 30.4 Å². The van der Waals surface area contributed by atoms with Gasteiger partial charge in [-0.05, 0) is 77.0 Å². The summed E-state index contributed by atoms with van der Waals surface area (Å²) < 4.78 is 0. The molecule has 2 aliphatic heterocycles. The van der Waals surface area contributed by atoms with Gasteiger partial charge >= 0.3 is 0 Å². The van der Waals surface area contributed by atoms with Crippen LogP contribution in [0.2, 0.25) is 0 Å². The molecule has 3 rings (SSSR count). The molecule has 3 N–H and O–H groups in total. The first-order chi connectivity index (χ1) is 12.0. The molecule has 1 aromatic rings. The molecule has 5 heteroatoms. The van der Waals surface area contributed by atoms with Gasteiger partial charge in [0.05, 0.1) is 0 Å². The van der Waals surface area contributed by atoms with Gasteiger partial charge in [-0.15, -0.1) is 0 Å². The van der Waals surface area contributed by atoms with Crippen LogP contribution in [0.25, 0.3) is 0 Å².